The Morgan fingerprint density at radius 2 is 2.00 bits per heavy atom. The Labute approximate surface area is 125 Å². The number of ether oxygens (including phenoxy) is 1. The van der Waals surface area contributed by atoms with Crippen molar-refractivity contribution < 1.29 is 9.53 Å². The number of nitrogen functional groups attached to an aromatic ring is 1. The summed E-state index contributed by atoms with van der Waals surface area (Å²) in [5, 5.41) is 2.87. The number of fused-ring (bicyclic) bond motifs is 2. The van der Waals surface area contributed by atoms with Crippen molar-refractivity contribution in [2.45, 2.75) is 37.9 Å². The minimum absolute atomic E-state index is 0.0316. The van der Waals surface area contributed by atoms with Crippen LogP contribution < -0.4 is 11.1 Å². The number of carbonyl (C=O) groups is 1. The van der Waals surface area contributed by atoms with Gasteiger partial charge in [-0.2, -0.15) is 0 Å². The third-order valence-corrected chi connectivity index (χ3v) is 4.23. The number of hydrogen-bond donors (Lipinski definition) is 2. The number of amides is 1. The molecule has 2 saturated heterocycles. The highest BCUT2D eigenvalue weighted by Gasteiger charge is 2.33. The Balaban J connectivity index is 1.39. The SMILES string of the molecule is Nc1ccccc1NC(=O)CCCN1CC2CCC(C1)O2. The van der Waals surface area contributed by atoms with E-state index in [1.807, 2.05) is 18.2 Å². The lowest BCUT2D eigenvalue weighted by Gasteiger charge is -2.31. The first-order valence-corrected chi connectivity index (χ1v) is 7.73. The van der Waals surface area contributed by atoms with Crippen LogP contribution in [0.1, 0.15) is 25.7 Å². The summed E-state index contributed by atoms with van der Waals surface area (Å²) in [6, 6.07) is 7.35. The highest BCUT2D eigenvalue weighted by molar-refractivity contribution is 5.93. The smallest absolute Gasteiger partial charge is 0.224 e. The predicted octanol–water partition coefficient (Wildman–Crippen LogP) is 1.85. The first kappa shape index (κ1) is 14.4. The van der Waals surface area contributed by atoms with E-state index < -0.39 is 0 Å². The number of morpholine rings is 1. The van der Waals surface area contributed by atoms with Gasteiger partial charge in [-0.15, -0.1) is 0 Å². The molecule has 2 heterocycles. The summed E-state index contributed by atoms with van der Waals surface area (Å²) in [6.07, 6.45) is 4.62. The van der Waals surface area contributed by atoms with Crippen LogP contribution in [0.5, 0.6) is 0 Å². The average Bonchev–Trinajstić information content (AvgIpc) is 2.80. The molecule has 0 spiro atoms. The number of nitrogens with one attached hydrogen (secondary N) is 1. The van der Waals surface area contributed by atoms with E-state index >= 15 is 0 Å². The maximum atomic E-state index is 11.9. The molecule has 2 bridgehead atoms. The highest BCUT2D eigenvalue weighted by atomic mass is 16.5. The van der Waals surface area contributed by atoms with Crippen molar-refractivity contribution in [1.82, 2.24) is 4.90 Å². The summed E-state index contributed by atoms with van der Waals surface area (Å²) in [5.74, 6) is 0.0316. The zero-order valence-electron chi connectivity index (χ0n) is 12.3. The average molecular weight is 289 g/mol. The first-order valence-electron chi connectivity index (χ1n) is 7.73. The van der Waals surface area contributed by atoms with Crippen molar-refractivity contribution in [2.24, 2.45) is 0 Å². The van der Waals surface area contributed by atoms with Gasteiger partial charge in [0.25, 0.3) is 0 Å². The van der Waals surface area contributed by atoms with Crippen LogP contribution >= 0.6 is 0 Å². The van der Waals surface area contributed by atoms with E-state index in [0.29, 0.717) is 30.0 Å². The van der Waals surface area contributed by atoms with Gasteiger partial charge in [0.2, 0.25) is 5.91 Å². The van der Waals surface area contributed by atoms with Gasteiger partial charge < -0.3 is 15.8 Å². The molecule has 3 N–H and O–H groups in total. The van der Waals surface area contributed by atoms with Gasteiger partial charge in [-0.3, -0.25) is 9.69 Å². The number of anilines is 2. The van der Waals surface area contributed by atoms with Crippen molar-refractivity contribution in [3.63, 3.8) is 0 Å². The van der Waals surface area contributed by atoms with Gasteiger partial charge in [0.15, 0.2) is 0 Å². The third-order valence-electron chi connectivity index (χ3n) is 4.23. The van der Waals surface area contributed by atoms with E-state index in [1.165, 1.54) is 12.8 Å². The van der Waals surface area contributed by atoms with Crippen LogP contribution in [0.3, 0.4) is 0 Å². The second-order valence-corrected chi connectivity index (χ2v) is 5.96. The molecule has 5 heteroatoms. The molecule has 5 nitrogen and oxygen atoms in total. The summed E-state index contributed by atoms with van der Waals surface area (Å²) in [4.78, 5) is 14.4. The lowest BCUT2D eigenvalue weighted by Crippen LogP contribution is -2.43. The van der Waals surface area contributed by atoms with Gasteiger partial charge in [-0.05, 0) is 37.9 Å². The summed E-state index contributed by atoms with van der Waals surface area (Å²) in [5.41, 5.74) is 7.12. The van der Waals surface area contributed by atoms with Crippen molar-refractivity contribution >= 4 is 17.3 Å². The van der Waals surface area contributed by atoms with Crippen molar-refractivity contribution in [2.75, 3.05) is 30.7 Å². The van der Waals surface area contributed by atoms with Crippen LogP contribution in [-0.4, -0.2) is 42.6 Å². The number of carbonyl (C=O) groups excluding carboxylic acids is 1. The van der Waals surface area contributed by atoms with E-state index in [-0.39, 0.29) is 5.91 Å². The van der Waals surface area contributed by atoms with Gasteiger partial charge in [-0.1, -0.05) is 12.1 Å². The van der Waals surface area contributed by atoms with Crippen LogP contribution in [0, 0.1) is 0 Å². The summed E-state index contributed by atoms with van der Waals surface area (Å²) < 4.78 is 5.81. The second-order valence-electron chi connectivity index (χ2n) is 5.96. The normalized spacial score (nSPS) is 25.0. The molecule has 0 saturated carbocycles. The number of nitrogens with two attached hydrogens (primary N) is 1. The zero-order valence-corrected chi connectivity index (χ0v) is 12.3. The number of para-hydroxylation sites is 2. The monoisotopic (exact) mass is 289 g/mol. The number of likely N-dealkylation sites (tertiary alicyclic amines) is 1. The lowest BCUT2D eigenvalue weighted by atomic mass is 10.2. The molecule has 2 aliphatic heterocycles. The molecule has 1 aromatic rings. The number of benzene rings is 1. The van der Waals surface area contributed by atoms with Gasteiger partial charge in [0, 0.05) is 19.5 Å². The number of nitrogens with zero attached hydrogens (tertiary/aromatic N) is 1. The number of hydrogen-bond acceptors (Lipinski definition) is 4. The van der Waals surface area contributed by atoms with Crippen LogP contribution in [0.2, 0.25) is 0 Å². The Morgan fingerprint density at radius 3 is 2.71 bits per heavy atom. The third kappa shape index (κ3) is 3.74. The molecule has 2 atom stereocenters. The van der Waals surface area contributed by atoms with E-state index in [2.05, 4.69) is 10.2 Å². The summed E-state index contributed by atoms with van der Waals surface area (Å²) in [6.45, 7) is 3.00. The lowest BCUT2D eigenvalue weighted by molar-refractivity contribution is -0.116. The minimum Gasteiger partial charge on any atom is -0.397 e. The van der Waals surface area contributed by atoms with Crippen LogP contribution in [-0.2, 0) is 9.53 Å². The molecular weight excluding hydrogens is 266 g/mol. The summed E-state index contributed by atoms with van der Waals surface area (Å²) in [7, 11) is 0. The highest BCUT2D eigenvalue weighted by Crippen LogP contribution is 2.26. The maximum absolute atomic E-state index is 11.9. The minimum atomic E-state index is 0.0316. The Bertz CT molecular complexity index is 494. The molecule has 1 amide bonds. The fourth-order valence-electron chi connectivity index (χ4n) is 3.17. The van der Waals surface area contributed by atoms with Crippen molar-refractivity contribution in [3.05, 3.63) is 24.3 Å². The maximum Gasteiger partial charge on any atom is 0.224 e. The molecule has 3 rings (SSSR count). The predicted molar refractivity (Wildman–Crippen MR) is 83.1 cm³/mol. The van der Waals surface area contributed by atoms with E-state index in [0.717, 1.165) is 26.1 Å². The standard InChI is InChI=1S/C16H23N3O2/c17-14-4-1-2-5-15(14)18-16(20)6-3-9-19-10-12-7-8-13(11-19)21-12/h1-2,4-5,12-13H,3,6-11,17H2,(H,18,20). The quantitative estimate of drug-likeness (QED) is 0.812. The van der Waals surface area contributed by atoms with Gasteiger partial charge in [0.05, 0.1) is 23.6 Å². The van der Waals surface area contributed by atoms with E-state index in [4.69, 9.17) is 10.5 Å². The molecule has 0 aromatic heterocycles. The molecule has 0 aliphatic carbocycles. The van der Waals surface area contributed by atoms with E-state index in [1.54, 1.807) is 6.07 Å². The second kappa shape index (κ2) is 6.45. The van der Waals surface area contributed by atoms with Crippen LogP contribution in [0.25, 0.3) is 0 Å². The van der Waals surface area contributed by atoms with E-state index in [9.17, 15) is 4.79 Å². The van der Waals surface area contributed by atoms with Gasteiger partial charge in [0.1, 0.15) is 0 Å². The van der Waals surface area contributed by atoms with Gasteiger partial charge >= 0.3 is 0 Å². The molecule has 0 radical (unpaired) electrons. The van der Waals surface area contributed by atoms with Gasteiger partial charge in [-0.25, -0.2) is 0 Å². The molecular formula is C16H23N3O2. The Morgan fingerprint density at radius 1 is 1.29 bits per heavy atom. The molecule has 21 heavy (non-hydrogen) atoms. The Hall–Kier alpha value is -1.59. The molecule has 2 fully saturated rings. The fourth-order valence-corrected chi connectivity index (χ4v) is 3.17. The topological polar surface area (TPSA) is 67.6 Å². The number of rotatable bonds is 5. The molecule has 2 unspecified atom stereocenters. The summed E-state index contributed by atoms with van der Waals surface area (Å²) >= 11 is 0. The molecule has 1 aromatic carbocycles. The molecule has 2 aliphatic rings. The fraction of sp³-hybridized carbons (Fsp3) is 0.562. The first-order chi connectivity index (χ1) is 10.2. The largest absolute Gasteiger partial charge is 0.397 e. The zero-order chi connectivity index (χ0) is 14.7. The molecule has 114 valence electrons. The van der Waals surface area contributed by atoms with Crippen LogP contribution in [0.15, 0.2) is 24.3 Å². The van der Waals surface area contributed by atoms with Crippen molar-refractivity contribution in [1.29, 1.82) is 0 Å². The van der Waals surface area contributed by atoms with Crippen molar-refractivity contribution in [3.8, 4) is 0 Å². The van der Waals surface area contributed by atoms with Crippen LogP contribution in [0.4, 0.5) is 11.4 Å². The Kier molecular flexibility index (Phi) is 4.41.